The maximum atomic E-state index is 12.0. The highest BCUT2D eigenvalue weighted by Crippen LogP contribution is 2.31. The average molecular weight is 409 g/mol. The third kappa shape index (κ3) is 3.37. The molecule has 19 heavy (non-hydrogen) atoms. The molecule has 2 heterocycles. The zero-order valence-corrected chi connectivity index (χ0v) is 14.2. The molecular weight excluding hydrogens is 398 g/mol. The highest BCUT2D eigenvalue weighted by molar-refractivity contribution is 9.12. The van der Waals surface area contributed by atoms with E-state index < -0.39 is 0 Å². The lowest BCUT2D eigenvalue weighted by Gasteiger charge is -2.01. The maximum Gasteiger partial charge on any atom is 0.253 e. The number of ether oxygens (including phenoxy) is 1. The zero-order valence-electron chi connectivity index (χ0n) is 10.2. The van der Waals surface area contributed by atoms with Gasteiger partial charge in [0.15, 0.2) is 0 Å². The third-order valence-electron chi connectivity index (χ3n) is 2.43. The minimum absolute atomic E-state index is 0.140. The highest BCUT2D eigenvalue weighted by Gasteiger charge is 2.14. The van der Waals surface area contributed by atoms with Crippen LogP contribution >= 0.6 is 43.2 Å². The molecule has 0 aliphatic rings. The van der Waals surface area contributed by atoms with E-state index in [0.717, 1.165) is 13.3 Å². The number of hydrogen-bond acceptors (Lipinski definition) is 4. The summed E-state index contributed by atoms with van der Waals surface area (Å²) in [6.45, 7) is 0.357. The van der Waals surface area contributed by atoms with Gasteiger partial charge in [-0.05, 0) is 37.9 Å². The lowest BCUT2D eigenvalue weighted by molar-refractivity contribution is 0.0950. The van der Waals surface area contributed by atoms with E-state index in [0.29, 0.717) is 18.0 Å². The number of amides is 1. The number of thiophene rings is 1. The van der Waals surface area contributed by atoms with E-state index in [4.69, 9.17) is 4.74 Å². The summed E-state index contributed by atoms with van der Waals surface area (Å²) in [5.41, 5.74) is 1.36. The van der Waals surface area contributed by atoms with Crippen LogP contribution in [0.5, 0.6) is 5.88 Å². The van der Waals surface area contributed by atoms with Gasteiger partial charge in [0.1, 0.15) is 0 Å². The number of nitrogens with one attached hydrogen (secondary N) is 1. The van der Waals surface area contributed by atoms with E-state index in [9.17, 15) is 4.79 Å². The molecule has 0 fully saturated rings. The predicted molar refractivity (Wildman–Crippen MR) is 80.6 cm³/mol. The standard InChI is InChI=1S/C11H11Br2N3O2S/c1-16-9(18-2)3-6(15-16)5-14-11(17)7-4-8(12)19-10(7)13/h3-4H,5H2,1-2H3,(H,14,17). The molecule has 0 spiro atoms. The molecule has 1 N–H and O–H groups in total. The van der Waals surface area contributed by atoms with Gasteiger partial charge in [-0.1, -0.05) is 0 Å². The number of methoxy groups -OCH3 is 1. The first-order valence-corrected chi connectivity index (χ1v) is 7.71. The van der Waals surface area contributed by atoms with Crippen molar-refractivity contribution >= 4 is 49.1 Å². The number of nitrogens with zero attached hydrogens (tertiary/aromatic N) is 2. The lowest BCUT2D eigenvalue weighted by atomic mass is 10.3. The summed E-state index contributed by atoms with van der Waals surface area (Å²) >= 11 is 8.17. The topological polar surface area (TPSA) is 56.1 Å². The monoisotopic (exact) mass is 407 g/mol. The van der Waals surface area contributed by atoms with Crippen molar-refractivity contribution in [2.45, 2.75) is 6.54 Å². The second-order valence-electron chi connectivity index (χ2n) is 3.72. The van der Waals surface area contributed by atoms with Crippen LogP contribution in [0.3, 0.4) is 0 Å². The van der Waals surface area contributed by atoms with Crippen LogP contribution in [0.4, 0.5) is 0 Å². The van der Waals surface area contributed by atoms with Crippen LogP contribution in [-0.4, -0.2) is 22.8 Å². The van der Waals surface area contributed by atoms with Gasteiger partial charge in [-0.2, -0.15) is 5.10 Å². The van der Waals surface area contributed by atoms with Gasteiger partial charge in [-0.15, -0.1) is 11.3 Å². The second-order valence-corrected chi connectivity index (χ2v) is 7.47. The number of hydrogen-bond donors (Lipinski definition) is 1. The Morgan fingerprint density at radius 1 is 1.53 bits per heavy atom. The molecule has 0 aliphatic carbocycles. The summed E-state index contributed by atoms with van der Waals surface area (Å²) in [5, 5.41) is 7.05. The largest absolute Gasteiger partial charge is 0.481 e. The smallest absolute Gasteiger partial charge is 0.253 e. The Bertz CT molecular complexity index is 609. The molecule has 0 bridgehead atoms. The average Bonchev–Trinajstić information content (AvgIpc) is 2.89. The summed E-state index contributed by atoms with van der Waals surface area (Å²) in [7, 11) is 3.37. The third-order valence-corrected chi connectivity index (χ3v) is 4.77. The molecule has 102 valence electrons. The van der Waals surface area contributed by atoms with Crippen molar-refractivity contribution in [1.82, 2.24) is 15.1 Å². The summed E-state index contributed by atoms with van der Waals surface area (Å²) in [6, 6.07) is 3.57. The molecule has 0 unspecified atom stereocenters. The van der Waals surface area contributed by atoms with Crippen molar-refractivity contribution in [2.24, 2.45) is 7.05 Å². The minimum atomic E-state index is -0.140. The van der Waals surface area contributed by atoms with E-state index in [2.05, 4.69) is 42.3 Å². The Hall–Kier alpha value is -0.860. The molecule has 8 heteroatoms. The Balaban J connectivity index is 2.02. The number of halogens is 2. The van der Waals surface area contributed by atoms with Gasteiger partial charge in [-0.3, -0.25) is 4.79 Å². The molecule has 2 aromatic rings. The van der Waals surface area contributed by atoms with Crippen LogP contribution in [0.25, 0.3) is 0 Å². The van der Waals surface area contributed by atoms with Crippen molar-refractivity contribution in [3.05, 3.63) is 31.0 Å². The van der Waals surface area contributed by atoms with E-state index >= 15 is 0 Å². The van der Waals surface area contributed by atoms with Gasteiger partial charge in [0.2, 0.25) is 5.88 Å². The van der Waals surface area contributed by atoms with E-state index in [-0.39, 0.29) is 5.91 Å². The second kappa shape index (κ2) is 6.06. The number of aromatic nitrogens is 2. The first-order valence-electron chi connectivity index (χ1n) is 5.31. The Kier molecular flexibility index (Phi) is 4.64. The summed E-state index contributed by atoms with van der Waals surface area (Å²) in [5.74, 6) is 0.516. The van der Waals surface area contributed by atoms with Crippen molar-refractivity contribution < 1.29 is 9.53 Å². The van der Waals surface area contributed by atoms with Crippen LogP contribution in [-0.2, 0) is 13.6 Å². The van der Waals surface area contributed by atoms with Gasteiger partial charge in [0, 0.05) is 13.1 Å². The first-order chi connectivity index (χ1) is 9.01. The fraction of sp³-hybridized carbons (Fsp3) is 0.273. The SMILES string of the molecule is COc1cc(CNC(=O)c2cc(Br)sc2Br)nn1C. The lowest BCUT2D eigenvalue weighted by Crippen LogP contribution is -2.22. The highest BCUT2D eigenvalue weighted by atomic mass is 79.9. The van der Waals surface area contributed by atoms with Crippen LogP contribution in [0, 0.1) is 0 Å². The minimum Gasteiger partial charge on any atom is -0.481 e. The molecule has 1 amide bonds. The molecule has 5 nitrogen and oxygen atoms in total. The van der Waals surface area contributed by atoms with Crippen molar-refractivity contribution in [2.75, 3.05) is 7.11 Å². The Labute approximate surface area is 131 Å². The summed E-state index contributed by atoms with van der Waals surface area (Å²) in [6.07, 6.45) is 0. The van der Waals surface area contributed by atoms with E-state index in [1.165, 1.54) is 11.3 Å². The van der Waals surface area contributed by atoms with E-state index in [1.807, 2.05) is 0 Å². The molecular formula is C11H11Br2N3O2S. The predicted octanol–water partition coefficient (Wildman–Crippen LogP) is 2.95. The summed E-state index contributed by atoms with van der Waals surface area (Å²) in [4.78, 5) is 12.0. The molecule has 0 atom stereocenters. The van der Waals surface area contributed by atoms with Gasteiger partial charge < -0.3 is 10.1 Å². The van der Waals surface area contributed by atoms with Crippen molar-refractivity contribution in [1.29, 1.82) is 0 Å². The fourth-order valence-corrected chi connectivity index (χ4v) is 4.34. The molecule has 0 saturated heterocycles. The normalized spacial score (nSPS) is 10.5. The van der Waals surface area contributed by atoms with E-state index in [1.54, 1.807) is 31.0 Å². The molecule has 0 aliphatic heterocycles. The molecule has 0 aromatic carbocycles. The van der Waals surface area contributed by atoms with Crippen molar-refractivity contribution in [3.8, 4) is 5.88 Å². The first kappa shape index (κ1) is 14.5. The van der Waals surface area contributed by atoms with Crippen LogP contribution in [0.2, 0.25) is 0 Å². The number of rotatable bonds is 4. The van der Waals surface area contributed by atoms with Gasteiger partial charge in [0.05, 0.1) is 32.5 Å². The maximum absolute atomic E-state index is 12.0. The Morgan fingerprint density at radius 3 is 2.79 bits per heavy atom. The van der Waals surface area contributed by atoms with Gasteiger partial charge >= 0.3 is 0 Å². The van der Waals surface area contributed by atoms with Crippen LogP contribution < -0.4 is 10.1 Å². The van der Waals surface area contributed by atoms with Gasteiger partial charge in [0.25, 0.3) is 5.91 Å². The number of aryl methyl sites for hydroxylation is 1. The van der Waals surface area contributed by atoms with Crippen molar-refractivity contribution in [3.63, 3.8) is 0 Å². The molecule has 0 saturated carbocycles. The molecule has 2 rings (SSSR count). The zero-order chi connectivity index (χ0) is 14.0. The fourth-order valence-electron chi connectivity index (χ4n) is 1.55. The van der Waals surface area contributed by atoms with Gasteiger partial charge in [-0.25, -0.2) is 4.68 Å². The molecule has 0 radical (unpaired) electrons. The Morgan fingerprint density at radius 2 is 2.26 bits per heavy atom. The summed E-state index contributed by atoms with van der Waals surface area (Å²) < 4.78 is 8.45. The molecule has 2 aromatic heterocycles. The van der Waals surface area contributed by atoms with Crippen LogP contribution in [0.1, 0.15) is 16.1 Å². The quantitative estimate of drug-likeness (QED) is 0.845. The number of carbonyl (C=O) groups is 1. The van der Waals surface area contributed by atoms with Crippen LogP contribution in [0.15, 0.2) is 19.7 Å². The number of carbonyl (C=O) groups excluding carboxylic acids is 1.